The number of allylic oxidation sites excluding steroid dienone is 2. The van der Waals surface area contributed by atoms with Gasteiger partial charge in [0, 0.05) is 11.1 Å². The predicted octanol–water partition coefficient (Wildman–Crippen LogP) is 2.45. The Balaban J connectivity index is 2.29. The number of nitrogens with zero attached hydrogens (tertiary/aromatic N) is 2. The van der Waals surface area contributed by atoms with Crippen molar-refractivity contribution < 1.29 is 10.2 Å². The van der Waals surface area contributed by atoms with Crippen LogP contribution < -0.4 is 11.5 Å². The number of rotatable bonds is 5. The van der Waals surface area contributed by atoms with Crippen molar-refractivity contribution in [1.29, 1.82) is 0 Å². The molecule has 0 aliphatic heterocycles. The normalized spacial score (nSPS) is 10.8. The molecule has 0 atom stereocenters. The Labute approximate surface area is 139 Å². The van der Waals surface area contributed by atoms with Gasteiger partial charge in [0.15, 0.2) is 0 Å². The second-order valence-electron chi connectivity index (χ2n) is 4.83. The van der Waals surface area contributed by atoms with Crippen LogP contribution in [0.4, 0.5) is 0 Å². The highest BCUT2D eigenvalue weighted by molar-refractivity contribution is 6.09. The number of hydrogen-bond acceptors (Lipinski definition) is 4. The molecule has 0 heterocycles. The number of nitrogens with two attached hydrogens (primary N) is 2. The molecule has 0 aliphatic carbocycles. The first kappa shape index (κ1) is 16.8. The lowest BCUT2D eigenvalue weighted by atomic mass is 10.1. The number of hydrogen-bond donors (Lipinski definition) is 4. The van der Waals surface area contributed by atoms with E-state index in [1.54, 1.807) is 60.7 Å². The molecule has 24 heavy (non-hydrogen) atoms. The first-order valence-corrected chi connectivity index (χ1v) is 7.15. The molecule has 0 amide bonds. The van der Waals surface area contributed by atoms with E-state index in [0.29, 0.717) is 16.8 Å². The van der Waals surface area contributed by atoms with Gasteiger partial charge in [0.05, 0.1) is 5.71 Å². The number of para-hydroxylation sites is 2. The molecule has 0 bridgehead atoms. The van der Waals surface area contributed by atoms with Crippen molar-refractivity contribution in [1.82, 2.24) is 0 Å². The lowest BCUT2D eigenvalue weighted by Gasteiger charge is -1.99. The van der Waals surface area contributed by atoms with E-state index in [2.05, 4.69) is 10.2 Å². The second-order valence-corrected chi connectivity index (χ2v) is 4.83. The molecule has 6 nitrogen and oxygen atoms in total. The number of phenols is 2. The van der Waals surface area contributed by atoms with E-state index in [1.165, 1.54) is 0 Å². The van der Waals surface area contributed by atoms with Crippen molar-refractivity contribution in [3.8, 4) is 11.5 Å². The van der Waals surface area contributed by atoms with E-state index >= 15 is 0 Å². The number of phenolic OH excluding ortho intramolecular Hbond substituents is 2. The first-order chi connectivity index (χ1) is 11.6. The molecular weight excluding hydrogens is 304 g/mol. The number of guanidine groups is 1. The summed E-state index contributed by atoms with van der Waals surface area (Å²) in [4.78, 5) is 0. The third-order valence-electron chi connectivity index (χ3n) is 3.02. The Morgan fingerprint density at radius 1 is 0.750 bits per heavy atom. The summed E-state index contributed by atoms with van der Waals surface area (Å²) in [6, 6.07) is 13.8. The summed E-state index contributed by atoms with van der Waals surface area (Å²) < 4.78 is 0. The van der Waals surface area contributed by atoms with Crippen LogP contribution in [0.1, 0.15) is 11.1 Å². The molecule has 122 valence electrons. The zero-order valence-corrected chi connectivity index (χ0v) is 12.9. The molecule has 0 fully saturated rings. The van der Waals surface area contributed by atoms with Crippen molar-refractivity contribution in [2.75, 3.05) is 0 Å². The molecule has 2 rings (SSSR count). The van der Waals surface area contributed by atoms with Crippen LogP contribution in [-0.4, -0.2) is 21.9 Å². The Bertz CT molecular complexity index is 762. The van der Waals surface area contributed by atoms with E-state index in [4.69, 9.17) is 11.5 Å². The maximum atomic E-state index is 9.78. The van der Waals surface area contributed by atoms with E-state index in [-0.39, 0.29) is 17.5 Å². The summed E-state index contributed by atoms with van der Waals surface area (Å²) in [5.41, 5.74) is 12.3. The van der Waals surface area contributed by atoms with E-state index < -0.39 is 0 Å². The Hall–Kier alpha value is -3.54. The third kappa shape index (κ3) is 5.03. The molecule has 0 saturated carbocycles. The maximum Gasteiger partial charge on any atom is 0.211 e. The zero-order valence-electron chi connectivity index (χ0n) is 12.9. The van der Waals surface area contributed by atoms with Crippen molar-refractivity contribution >= 4 is 23.8 Å². The van der Waals surface area contributed by atoms with Gasteiger partial charge in [0.2, 0.25) is 5.96 Å². The van der Waals surface area contributed by atoms with Gasteiger partial charge < -0.3 is 21.7 Å². The van der Waals surface area contributed by atoms with Crippen molar-refractivity contribution in [2.24, 2.45) is 21.7 Å². The fourth-order valence-electron chi connectivity index (χ4n) is 1.84. The Kier molecular flexibility index (Phi) is 5.74. The monoisotopic (exact) mass is 322 g/mol. The molecule has 0 aliphatic rings. The van der Waals surface area contributed by atoms with Crippen LogP contribution in [0.2, 0.25) is 0 Å². The highest BCUT2D eigenvalue weighted by atomic mass is 16.3. The van der Waals surface area contributed by atoms with Gasteiger partial charge in [-0.1, -0.05) is 36.4 Å². The minimum absolute atomic E-state index is 0.152. The third-order valence-corrected chi connectivity index (χ3v) is 3.02. The topological polar surface area (TPSA) is 117 Å². The predicted molar refractivity (Wildman–Crippen MR) is 97.5 cm³/mol. The number of aromatic hydroxyl groups is 2. The second kappa shape index (κ2) is 8.19. The van der Waals surface area contributed by atoms with Gasteiger partial charge >= 0.3 is 0 Å². The molecular formula is C18H18N4O2. The van der Waals surface area contributed by atoms with Gasteiger partial charge in [-0.15, -0.1) is 10.2 Å². The molecule has 0 unspecified atom stereocenters. The summed E-state index contributed by atoms with van der Waals surface area (Å²) in [5, 5.41) is 27.1. The fourth-order valence-corrected chi connectivity index (χ4v) is 1.84. The summed E-state index contributed by atoms with van der Waals surface area (Å²) in [5.74, 6) is 0.138. The lowest BCUT2D eigenvalue weighted by molar-refractivity contribution is 0.473. The molecule has 2 aromatic rings. The van der Waals surface area contributed by atoms with Crippen molar-refractivity contribution in [3.05, 3.63) is 71.8 Å². The zero-order chi connectivity index (χ0) is 17.4. The molecule has 6 heteroatoms. The maximum absolute atomic E-state index is 9.78. The van der Waals surface area contributed by atoms with Gasteiger partial charge in [-0.05, 0) is 36.4 Å². The van der Waals surface area contributed by atoms with Crippen LogP contribution in [0.15, 0.2) is 70.9 Å². The Morgan fingerprint density at radius 2 is 1.21 bits per heavy atom. The minimum Gasteiger partial charge on any atom is -0.507 e. The smallest absolute Gasteiger partial charge is 0.211 e. The Morgan fingerprint density at radius 3 is 1.62 bits per heavy atom. The molecule has 0 saturated heterocycles. The van der Waals surface area contributed by atoms with Crippen LogP contribution in [0.5, 0.6) is 11.5 Å². The van der Waals surface area contributed by atoms with Crippen molar-refractivity contribution in [2.45, 2.75) is 0 Å². The van der Waals surface area contributed by atoms with Gasteiger partial charge in [0.1, 0.15) is 11.5 Å². The van der Waals surface area contributed by atoms with Gasteiger partial charge in [-0.3, -0.25) is 0 Å². The molecule has 2 aromatic carbocycles. The summed E-state index contributed by atoms with van der Waals surface area (Å²) in [6.45, 7) is 0. The average Bonchev–Trinajstić information content (AvgIpc) is 2.56. The summed E-state index contributed by atoms with van der Waals surface area (Å²) in [7, 11) is 0. The standard InChI is InChI=1S/C18H18N4O2/c19-18(20)22-21-15(11-9-13-5-1-3-7-16(13)23)12-10-14-6-2-4-8-17(14)24/h1-12,23-24H,(H4,19,20,22)/b11-9+,12-10+. The van der Waals surface area contributed by atoms with Crippen molar-refractivity contribution in [3.63, 3.8) is 0 Å². The van der Waals surface area contributed by atoms with Crippen LogP contribution in [0.3, 0.4) is 0 Å². The largest absolute Gasteiger partial charge is 0.507 e. The molecule has 6 N–H and O–H groups in total. The van der Waals surface area contributed by atoms with Crippen LogP contribution in [0.25, 0.3) is 12.2 Å². The highest BCUT2D eigenvalue weighted by Crippen LogP contribution is 2.18. The average molecular weight is 322 g/mol. The van der Waals surface area contributed by atoms with Crippen LogP contribution in [-0.2, 0) is 0 Å². The van der Waals surface area contributed by atoms with Gasteiger partial charge in [-0.25, -0.2) is 0 Å². The van der Waals surface area contributed by atoms with Crippen LogP contribution in [0, 0.1) is 0 Å². The van der Waals surface area contributed by atoms with Gasteiger partial charge in [0.25, 0.3) is 0 Å². The van der Waals surface area contributed by atoms with E-state index in [0.717, 1.165) is 0 Å². The first-order valence-electron chi connectivity index (χ1n) is 7.15. The molecule has 0 aromatic heterocycles. The quantitative estimate of drug-likeness (QED) is 0.384. The van der Waals surface area contributed by atoms with E-state index in [9.17, 15) is 10.2 Å². The van der Waals surface area contributed by atoms with Crippen LogP contribution >= 0.6 is 0 Å². The molecule has 0 radical (unpaired) electrons. The molecule has 0 spiro atoms. The summed E-state index contributed by atoms with van der Waals surface area (Å²) in [6.07, 6.45) is 6.67. The summed E-state index contributed by atoms with van der Waals surface area (Å²) >= 11 is 0. The number of benzene rings is 2. The van der Waals surface area contributed by atoms with Gasteiger partial charge in [-0.2, -0.15) is 0 Å². The minimum atomic E-state index is -0.167. The highest BCUT2D eigenvalue weighted by Gasteiger charge is 1.97. The van der Waals surface area contributed by atoms with E-state index in [1.807, 2.05) is 12.1 Å². The SMILES string of the molecule is NC(N)=NN=C(/C=C/c1ccccc1O)/C=C/c1ccccc1O. The fraction of sp³-hybridized carbons (Fsp3) is 0. The lowest BCUT2D eigenvalue weighted by Crippen LogP contribution is -2.22.